The van der Waals surface area contributed by atoms with Gasteiger partial charge in [0.2, 0.25) is 0 Å². The Bertz CT molecular complexity index is 103. The molecule has 0 nitrogen and oxygen atoms in total. The molecule has 0 radical (unpaired) electrons. The summed E-state index contributed by atoms with van der Waals surface area (Å²) >= 11 is 22.3. The van der Waals surface area contributed by atoms with Crippen LogP contribution in [-0.4, -0.2) is 8.67 Å². The van der Waals surface area contributed by atoms with Crippen molar-refractivity contribution in [2.24, 2.45) is 5.92 Å². The van der Waals surface area contributed by atoms with Gasteiger partial charge in [-0.15, -0.1) is 0 Å². The highest BCUT2D eigenvalue weighted by Gasteiger charge is 2.73. The maximum atomic E-state index is 5.58. The molecule has 0 aliphatic heterocycles. The lowest BCUT2D eigenvalue weighted by atomic mass is 10.5. The molecule has 8 heavy (non-hydrogen) atoms. The van der Waals surface area contributed by atoms with Gasteiger partial charge in [-0.3, -0.25) is 0 Å². The van der Waals surface area contributed by atoms with Crippen molar-refractivity contribution < 1.29 is 0 Å². The van der Waals surface area contributed by atoms with Crippen molar-refractivity contribution in [1.29, 1.82) is 0 Å². The summed E-state index contributed by atoms with van der Waals surface area (Å²) in [6, 6.07) is 0. The van der Waals surface area contributed by atoms with Crippen LogP contribution in [0.3, 0.4) is 0 Å². The zero-order valence-electron chi connectivity index (χ0n) is 4.09. The first-order valence-corrected chi connectivity index (χ1v) is 3.67. The van der Waals surface area contributed by atoms with E-state index < -0.39 is 8.67 Å². The highest BCUT2D eigenvalue weighted by molar-refractivity contribution is 6.68. The van der Waals surface area contributed by atoms with Crippen LogP contribution in [0.25, 0.3) is 0 Å². The highest BCUT2D eigenvalue weighted by Crippen LogP contribution is 2.68. The van der Waals surface area contributed by atoms with Crippen LogP contribution in [0.1, 0.15) is 6.92 Å². The van der Waals surface area contributed by atoms with Gasteiger partial charge in [0.25, 0.3) is 0 Å². The molecule has 1 aliphatic rings. The summed E-state index contributed by atoms with van der Waals surface area (Å²) in [7, 11) is 0. The second-order valence-corrected chi connectivity index (χ2v) is 4.74. The molecule has 0 atom stereocenters. The molecular weight excluding hydrogens is 190 g/mol. The Labute approximate surface area is 68.0 Å². The van der Waals surface area contributed by atoms with Crippen molar-refractivity contribution in [2.45, 2.75) is 15.6 Å². The van der Waals surface area contributed by atoms with E-state index in [1.807, 2.05) is 0 Å². The van der Waals surface area contributed by atoms with Gasteiger partial charge in [-0.1, -0.05) is 53.3 Å². The normalized spacial score (nSPS) is 32.6. The van der Waals surface area contributed by atoms with E-state index in [4.69, 9.17) is 46.4 Å². The SMILES string of the molecule is CC1C(Cl)(Cl)C1(Cl)Cl. The van der Waals surface area contributed by atoms with Crippen molar-refractivity contribution in [2.75, 3.05) is 0 Å². The Morgan fingerprint density at radius 3 is 1.12 bits per heavy atom. The first kappa shape index (κ1) is 7.27. The molecule has 0 aromatic carbocycles. The summed E-state index contributed by atoms with van der Waals surface area (Å²) in [5, 5.41) is 0. The Hall–Kier alpha value is 1.16. The van der Waals surface area contributed by atoms with Crippen LogP contribution >= 0.6 is 46.4 Å². The second-order valence-electron chi connectivity index (χ2n) is 1.97. The molecular formula is C4H4Cl4. The first-order valence-electron chi connectivity index (χ1n) is 2.16. The third kappa shape index (κ3) is 0.668. The van der Waals surface area contributed by atoms with Gasteiger partial charge in [0, 0.05) is 5.92 Å². The molecule has 0 saturated heterocycles. The molecule has 1 aliphatic carbocycles. The zero-order valence-corrected chi connectivity index (χ0v) is 7.11. The van der Waals surface area contributed by atoms with Crippen LogP contribution in [0.15, 0.2) is 0 Å². The third-order valence-electron chi connectivity index (χ3n) is 1.45. The van der Waals surface area contributed by atoms with Gasteiger partial charge in [0.05, 0.1) is 0 Å². The van der Waals surface area contributed by atoms with Gasteiger partial charge in [-0.05, 0) is 0 Å². The summed E-state index contributed by atoms with van der Waals surface area (Å²) in [5.74, 6) is -0.0262. The molecule has 1 fully saturated rings. The van der Waals surface area contributed by atoms with Crippen LogP contribution in [0, 0.1) is 5.92 Å². The molecule has 1 saturated carbocycles. The lowest BCUT2D eigenvalue weighted by molar-refractivity contribution is 0.949. The van der Waals surface area contributed by atoms with Crippen molar-refractivity contribution in [3.8, 4) is 0 Å². The minimum atomic E-state index is -0.921. The van der Waals surface area contributed by atoms with E-state index in [-0.39, 0.29) is 5.92 Å². The molecule has 4 heteroatoms. The van der Waals surface area contributed by atoms with Crippen LogP contribution in [0.2, 0.25) is 0 Å². The van der Waals surface area contributed by atoms with Gasteiger partial charge in [-0.25, -0.2) is 0 Å². The summed E-state index contributed by atoms with van der Waals surface area (Å²) < 4.78 is -1.84. The molecule has 0 amide bonds. The van der Waals surface area contributed by atoms with Crippen LogP contribution < -0.4 is 0 Å². The average molecular weight is 194 g/mol. The van der Waals surface area contributed by atoms with Gasteiger partial charge >= 0.3 is 0 Å². The predicted octanol–water partition coefficient (Wildman–Crippen LogP) is 2.98. The van der Waals surface area contributed by atoms with E-state index in [1.54, 1.807) is 6.92 Å². The topological polar surface area (TPSA) is 0 Å². The number of hydrogen-bond acceptors (Lipinski definition) is 0. The molecule has 1 rings (SSSR count). The minimum absolute atomic E-state index is 0.0262. The van der Waals surface area contributed by atoms with E-state index in [2.05, 4.69) is 0 Å². The van der Waals surface area contributed by atoms with Crippen molar-refractivity contribution in [1.82, 2.24) is 0 Å². The first-order chi connectivity index (χ1) is 3.40. The Morgan fingerprint density at radius 1 is 1.00 bits per heavy atom. The molecule has 0 bridgehead atoms. The monoisotopic (exact) mass is 192 g/mol. The fraction of sp³-hybridized carbons (Fsp3) is 1.00. The van der Waals surface area contributed by atoms with Crippen molar-refractivity contribution >= 4 is 46.4 Å². The van der Waals surface area contributed by atoms with E-state index in [9.17, 15) is 0 Å². The lowest BCUT2D eigenvalue weighted by Crippen LogP contribution is -1.96. The van der Waals surface area contributed by atoms with Crippen LogP contribution in [0.5, 0.6) is 0 Å². The fourth-order valence-corrected chi connectivity index (χ4v) is 1.81. The van der Waals surface area contributed by atoms with Crippen molar-refractivity contribution in [3.63, 3.8) is 0 Å². The largest absolute Gasteiger partial charge is 0.156 e. The maximum Gasteiger partial charge on any atom is 0.156 e. The molecule has 0 unspecified atom stereocenters. The average Bonchev–Trinajstić information content (AvgIpc) is 1.88. The molecule has 0 spiro atoms. The summed E-state index contributed by atoms with van der Waals surface area (Å²) in [6.45, 7) is 1.81. The van der Waals surface area contributed by atoms with Gasteiger partial charge in [0.1, 0.15) is 0 Å². The highest BCUT2D eigenvalue weighted by atomic mass is 35.5. The van der Waals surface area contributed by atoms with Gasteiger partial charge in [0.15, 0.2) is 8.67 Å². The summed E-state index contributed by atoms with van der Waals surface area (Å²) in [4.78, 5) is 0. The zero-order chi connectivity index (χ0) is 6.58. The van der Waals surface area contributed by atoms with Crippen LogP contribution in [-0.2, 0) is 0 Å². The molecule has 0 aromatic heterocycles. The molecule has 0 heterocycles. The number of hydrogen-bond donors (Lipinski definition) is 0. The Kier molecular flexibility index (Phi) is 1.46. The summed E-state index contributed by atoms with van der Waals surface area (Å²) in [5.41, 5.74) is 0. The van der Waals surface area contributed by atoms with Crippen LogP contribution in [0.4, 0.5) is 0 Å². The lowest BCUT2D eigenvalue weighted by Gasteiger charge is -1.93. The summed E-state index contributed by atoms with van der Waals surface area (Å²) in [6.07, 6.45) is 0. The molecule has 48 valence electrons. The predicted molar refractivity (Wildman–Crippen MR) is 38.0 cm³/mol. The molecule has 0 aromatic rings. The van der Waals surface area contributed by atoms with Gasteiger partial charge in [-0.2, -0.15) is 0 Å². The van der Waals surface area contributed by atoms with Gasteiger partial charge < -0.3 is 0 Å². The smallest absolute Gasteiger partial charge is 0.0979 e. The Balaban J connectivity index is 2.72. The Morgan fingerprint density at radius 2 is 1.12 bits per heavy atom. The van der Waals surface area contributed by atoms with Crippen molar-refractivity contribution in [3.05, 3.63) is 0 Å². The quantitative estimate of drug-likeness (QED) is 0.520. The standard InChI is InChI=1S/C4H4Cl4/c1-2-3(5,6)4(2,7)8/h2H,1H3. The van der Waals surface area contributed by atoms with E-state index in [1.165, 1.54) is 0 Å². The third-order valence-corrected chi connectivity index (χ3v) is 4.34. The number of rotatable bonds is 0. The van der Waals surface area contributed by atoms with E-state index in [0.717, 1.165) is 0 Å². The van der Waals surface area contributed by atoms with E-state index >= 15 is 0 Å². The number of alkyl halides is 4. The minimum Gasteiger partial charge on any atom is -0.0979 e. The van der Waals surface area contributed by atoms with E-state index in [0.29, 0.717) is 0 Å². The maximum absolute atomic E-state index is 5.58. The second kappa shape index (κ2) is 1.60. The fourth-order valence-electron chi connectivity index (χ4n) is 0.493. The number of halogens is 4. The molecule has 0 N–H and O–H groups in total.